The molecule has 0 aromatic rings. The molecule has 0 spiro atoms. The van der Waals surface area contributed by atoms with Gasteiger partial charge in [-0.2, -0.15) is 0 Å². The van der Waals surface area contributed by atoms with Gasteiger partial charge in [-0.15, -0.1) is 0 Å². The van der Waals surface area contributed by atoms with Crippen LogP contribution in [0.25, 0.3) is 0 Å². The molecule has 0 saturated carbocycles. The number of hydrogen-bond acceptors (Lipinski definition) is 5. The fourth-order valence-electron chi connectivity index (χ4n) is 6.26. The number of hydrogen-bond donors (Lipinski definition) is 3. The summed E-state index contributed by atoms with van der Waals surface area (Å²) in [4.78, 5) is 25.9. The van der Waals surface area contributed by atoms with Gasteiger partial charge >= 0.3 is 5.97 Å². The monoisotopic (exact) mass is 792 g/mol. The van der Waals surface area contributed by atoms with E-state index in [-0.39, 0.29) is 24.9 Å². The van der Waals surface area contributed by atoms with Gasteiger partial charge in [-0.25, -0.2) is 0 Å². The van der Waals surface area contributed by atoms with Gasteiger partial charge in [0.1, 0.15) is 6.10 Å². The van der Waals surface area contributed by atoms with Gasteiger partial charge in [0.2, 0.25) is 5.91 Å². The first-order valence-electron chi connectivity index (χ1n) is 23.0. The normalized spacial score (nSPS) is 14.3. The molecule has 0 aromatic heterocycles. The summed E-state index contributed by atoms with van der Waals surface area (Å²) in [6.45, 7) is 6.24. The number of rotatable bonds is 39. The van der Waals surface area contributed by atoms with Crippen LogP contribution >= 0.6 is 0 Å². The number of unbranched alkanes of at least 4 members (excludes halogenated alkanes) is 14. The van der Waals surface area contributed by atoms with Crippen molar-refractivity contribution < 1.29 is 24.5 Å². The lowest BCUT2D eigenvalue weighted by molar-refractivity contribution is -0.151. The first-order chi connectivity index (χ1) is 28.0. The highest BCUT2D eigenvalue weighted by Crippen LogP contribution is 2.15. The summed E-state index contributed by atoms with van der Waals surface area (Å²) < 4.78 is 5.83. The molecule has 1 amide bonds. The summed E-state index contributed by atoms with van der Waals surface area (Å²) in [5, 5.41) is 23.6. The molecule has 324 valence electrons. The maximum Gasteiger partial charge on any atom is 0.306 e. The van der Waals surface area contributed by atoms with E-state index in [1.807, 2.05) is 36.5 Å². The average molecular weight is 792 g/mol. The summed E-state index contributed by atoms with van der Waals surface area (Å²) in [5.41, 5.74) is 0. The smallest absolute Gasteiger partial charge is 0.306 e. The molecule has 0 saturated heterocycles. The van der Waals surface area contributed by atoms with Crippen LogP contribution in [-0.2, 0) is 14.3 Å². The zero-order valence-electron chi connectivity index (χ0n) is 36.7. The summed E-state index contributed by atoms with van der Waals surface area (Å²) in [6, 6.07) is -0.737. The zero-order chi connectivity index (χ0) is 41.7. The fraction of sp³-hybridized carbons (Fsp3) is 0.647. The lowest BCUT2D eigenvalue weighted by Gasteiger charge is -2.24. The maximum absolute atomic E-state index is 13.1. The fourth-order valence-corrected chi connectivity index (χ4v) is 6.26. The van der Waals surface area contributed by atoms with Crippen molar-refractivity contribution in [2.24, 2.45) is 0 Å². The molecule has 6 nitrogen and oxygen atoms in total. The number of allylic oxidation sites excluding steroid dienone is 16. The molecule has 3 N–H and O–H groups in total. The third-order valence-corrected chi connectivity index (χ3v) is 9.74. The molecule has 0 aromatic carbocycles. The SMILES string of the molecule is CC/C=C/C=C/C=C\C=C/CCCC(CC(=O)NC(CO)C(O)CCCCCCCCCCCC)OC(=O)CCC/C=C\C/C=C\C/C=C\C/C=C\CCCCC. The van der Waals surface area contributed by atoms with Gasteiger partial charge < -0.3 is 20.3 Å². The van der Waals surface area contributed by atoms with Crippen LogP contribution in [0.15, 0.2) is 97.2 Å². The van der Waals surface area contributed by atoms with Gasteiger partial charge in [0.25, 0.3) is 0 Å². The molecular formula is C51H85NO5. The van der Waals surface area contributed by atoms with Crippen LogP contribution in [0, 0.1) is 0 Å². The van der Waals surface area contributed by atoms with Crippen molar-refractivity contribution in [1.82, 2.24) is 5.32 Å². The molecule has 0 rings (SSSR count). The Morgan fingerprint density at radius 1 is 0.544 bits per heavy atom. The third-order valence-electron chi connectivity index (χ3n) is 9.74. The Labute approximate surface area is 350 Å². The van der Waals surface area contributed by atoms with Crippen LogP contribution in [0.1, 0.15) is 188 Å². The van der Waals surface area contributed by atoms with Crippen molar-refractivity contribution in [3.63, 3.8) is 0 Å². The Bertz CT molecular complexity index is 1160. The number of aliphatic hydroxyl groups is 2. The second kappa shape index (κ2) is 43.9. The van der Waals surface area contributed by atoms with Crippen LogP contribution in [0.3, 0.4) is 0 Å². The molecular weight excluding hydrogens is 707 g/mol. The van der Waals surface area contributed by atoms with Crippen molar-refractivity contribution in [1.29, 1.82) is 0 Å². The Hall–Kier alpha value is -3.22. The Morgan fingerprint density at radius 2 is 1.04 bits per heavy atom. The van der Waals surface area contributed by atoms with Gasteiger partial charge in [0.05, 0.1) is 25.2 Å². The van der Waals surface area contributed by atoms with Crippen molar-refractivity contribution >= 4 is 11.9 Å². The van der Waals surface area contributed by atoms with E-state index in [9.17, 15) is 19.8 Å². The first-order valence-corrected chi connectivity index (χ1v) is 23.0. The molecule has 3 atom stereocenters. The number of amides is 1. The average Bonchev–Trinajstić information content (AvgIpc) is 3.20. The predicted octanol–water partition coefficient (Wildman–Crippen LogP) is 13.4. The molecule has 0 aliphatic heterocycles. The highest BCUT2D eigenvalue weighted by Gasteiger charge is 2.23. The van der Waals surface area contributed by atoms with Crippen LogP contribution in [0.5, 0.6) is 0 Å². The molecule has 0 fully saturated rings. The van der Waals surface area contributed by atoms with E-state index < -0.39 is 18.2 Å². The molecule has 6 heteroatoms. The van der Waals surface area contributed by atoms with Gasteiger partial charge in [-0.05, 0) is 77.0 Å². The van der Waals surface area contributed by atoms with Gasteiger partial charge in [-0.3, -0.25) is 9.59 Å². The largest absolute Gasteiger partial charge is 0.462 e. The molecule has 3 unspecified atom stereocenters. The Balaban J connectivity index is 4.77. The number of nitrogens with one attached hydrogen (secondary N) is 1. The minimum absolute atomic E-state index is 0.00405. The standard InChI is InChI=1S/C51H85NO5/c1-4-7-10-13-16-19-22-23-24-25-26-27-29-32-35-38-41-44-51(56)57-47(42-39-36-33-30-28-20-17-14-11-8-5-2)45-50(55)52-48(46-53)49(54)43-40-37-34-31-21-18-15-12-9-6-3/h8,11,14,16-17,19-20,23-24,26-28,30,32-33,35,47-49,53-54H,4-7,9-10,12-13,15,18,21-22,25,29,31,34,36-46H2,1-3H3,(H,52,55)/b11-8+,17-14+,19-16-,24-23-,27-26-,28-20-,33-30-,35-32-. The minimum atomic E-state index is -0.817. The molecule has 0 radical (unpaired) electrons. The summed E-state index contributed by atoms with van der Waals surface area (Å²) in [6.07, 6.45) is 57.6. The van der Waals surface area contributed by atoms with Gasteiger partial charge in [0, 0.05) is 6.42 Å². The Kier molecular flexibility index (Phi) is 41.4. The van der Waals surface area contributed by atoms with E-state index in [1.165, 1.54) is 70.6 Å². The van der Waals surface area contributed by atoms with Crippen LogP contribution < -0.4 is 5.32 Å². The second-order valence-corrected chi connectivity index (χ2v) is 15.2. The lowest BCUT2D eigenvalue weighted by atomic mass is 10.0. The highest BCUT2D eigenvalue weighted by molar-refractivity contribution is 5.77. The van der Waals surface area contributed by atoms with Crippen molar-refractivity contribution in [3.8, 4) is 0 Å². The summed E-state index contributed by atoms with van der Waals surface area (Å²) in [7, 11) is 0. The molecule has 57 heavy (non-hydrogen) atoms. The topological polar surface area (TPSA) is 95.9 Å². The summed E-state index contributed by atoms with van der Waals surface area (Å²) >= 11 is 0. The van der Waals surface area contributed by atoms with E-state index in [1.54, 1.807) is 0 Å². The number of esters is 1. The zero-order valence-corrected chi connectivity index (χ0v) is 36.7. The second-order valence-electron chi connectivity index (χ2n) is 15.2. The molecule has 0 bridgehead atoms. The van der Waals surface area contributed by atoms with Gasteiger partial charge in [0.15, 0.2) is 0 Å². The lowest BCUT2D eigenvalue weighted by Crippen LogP contribution is -2.46. The Morgan fingerprint density at radius 3 is 1.61 bits per heavy atom. The minimum Gasteiger partial charge on any atom is -0.462 e. The molecule has 0 aliphatic carbocycles. The molecule has 0 aliphatic rings. The third kappa shape index (κ3) is 39.4. The van der Waals surface area contributed by atoms with Gasteiger partial charge in [-0.1, -0.05) is 195 Å². The first kappa shape index (κ1) is 53.8. The van der Waals surface area contributed by atoms with E-state index in [0.29, 0.717) is 25.7 Å². The predicted molar refractivity (Wildman–Crippen MR) is 245 cm³/mol. The van der Waals surface area contributed by atoms with Crippen molar-refractivity contribution in [3.05, 3.63) is 97.2 Å². The van der Waals surface area contributed by atoms with E-state index in [2.05, 4.69) is 86.8 Å². The van der Waals surface area contributed by atoms with Crippen LogP contribution in [0.4, 0.5) is 0 Å². The van der Waals surface area contributed by atoms with E-state index >= 15 is 0 Å². The maximum atomic E-state index is 13.1. The number of aliphatic hydroxyl groups excluding tert-OH is 2. The number of carbonyl (C=O) groups is 2. The van der Waals surface area contributed by atoms with Crippen molar-refractivity contribution in [2.75, 3.05) is 6.61 Å². The van der Waals surface area contributed by atoms with E-state index in [0.717, 1.165) is 64.2 Å². The van der Waals surface area contributed by atoms with Crippen LogP contribution in [-0.4, -0.2) is 46.9 Å². The molecule has 0 heterocycles. The number of ether oxygens (including phenoxy) is 1. The van der Waals surface area contributed by atoms with Crippen LogP contribution in [0.2, 0.25) is 0 Å². The number of carbonyl (C=O) groups excluding carboxylic acids is 2. The highest BCUT2D eigenvalue weighted by atomic mass is 16.5. The summed E-state index contributed by atoms with van der Waals surface area (Å²) in [5.74, 6) is -0.622. The van der Waals surface area contributed by atoms with Crippen molar-refractivity contribution in [2.45, 2.75) is 206 Å². The quantitative estimate of drug-likeness (QED) is 0.0249. The van der Waals surface area contributed by atoms with E-state index in [4.69, 9.17) is 4.74 Å².